The number of hydrogen-bond donors (Lipinski definition) is 2. The highest BCUT2D eigenvalue weighted by Gasteiger charge is 2.31. The molecular formula is C21H31N3O4S. The molecule has 4 rings (SSSR count). The van der Waals surface area contributed by atoms with Crippen molar-refractivity contribution in [3.63, 3.8) is 0 Å². The number of nitrogens with zero attached hydrogens (tertiary/aromatic N) is 2. The van der Waals surface area contributed by atoms with E-state index in [1.165, 1.54) is 31.1 Å². The zero-order valence-corrected chi connectivity index (χ0v) is 18.2. The minimum atomic E-state index is -0.268. The maximum atomic E-state index is 10.9. The Bertz CT molecular complexity index is 695. The van der Waals surface area contributed by atoms with E-state index >= 15 is 0 Å². The number of rotatable bonds is 3. The number of piperidine rings is 1. The lowest BCUT2D eigenvalue weighted by atomic mass is 10.1. The van der Waals surface area contributed by atoms with Crippen molar-refractivity contribution in [3.8, 4) is 0 Å². The predicted molar refractivity (Wildman–Crippen MR) is 114 cm³/mol. The van der Waals surface area contributed by atoms with E-state index in [9.17, 15) is 9.59 Å². The van der Waals surface area contributed by atoms with Crippen molar-refractivity contribution in [1.82, 2.24) is 15.2 Å². The van der Waals surface area contributed by atoms with Crippen LogP contribution in [0.2, 0.25) is 0 Å². The third-order valence-electron chi connectivity index (χ3n) is 3.94. The molecule has 1 aromatic carbocycles. The molecule has 2 saturated heterocycles. The van der Waals surface area contributed by atoms with Crippen molar-refractivity contribution < 1.29 is 19.4 Å². The number of aromatic nitrogens is 1. The molecule has 29 heavy (non-hydrogen) atoms. The van der Waals surface area contributed by atoms with Crippen LogP contribution in [0.5, 0.6) is 0 Å². The molecule has 3 heterocycles. The summed E-state index contributed by atoms with van der Waals surface area (Å²) in [6, 6.07) is 10.1. The van der Waals surface area contributed by atoms with Crippen LogP contribution in [0.15, 0.2) is 41.9 Å². The molecule has 1 atom stereocenters. The molecule has 1 aromatic heterocycles. The van der Waals surface area contributed by atoms with Gasteiger partial charge in [0.25, 0.3) is 0 Å². The minimum Gasteiger partial charge on any atom is -0.458 e. The fourth-order valence-corrected chi connectivity index (χ4v) is 3.14. The van der Waals surface area contributed by atoms with Gasteiger partial charge in [0, 0.05) is 37.6 Å². The molecule has 2 aliphatic rings. The van der Waals surface area contributed by atoms with Gasteiger partial charge in [-0.3, -0.25) is 4.79 Å². The number of carbonyl (C=O) groups excluding carboxylic acids is 2. The second-order valence-electron chi connectivity index (χ2n) is 6.08. The second-order valence-corrected chi connectivity index (χ2v) is 7.06. The Hall–Kier alpha value is -2.45. The quantitative estimate of drug-likeness (QED) is 0.739. The Labute approximate surface area is 176 Å². The van der Waals surface area contributed by atoms with E-state index in [-0.39, 0.29) is 18.6 Å². The van der Waals surface area contributed by atoms with Crippen molar-refractivity contribution in [2.45, 2.75) is 52.9 Å². The zero-order chi connectivity index (χ0) is 21.5. The molecule has 7 nitrogen and oxygen atoms in total. The number of nitrogens with one attached hydrogen (secondary N) is 1. The molecule has 2 fully saturated rings. The van der Waals surface area contributed by atoms with Gasteiger partial charge in [-0.15, -0.1) is 11.3 Å². The second kappa shape index (κ2) is 14.5. The molecule has 1 unspecified atom stereocenters. The Morgan fingerprint density at radius 1 is 1.34 bits per heavy atom. The zero-order valence-electron chi connectivity index (χ0n) is 17.3. The molecule has 2 aliphatic heterocycles. The van der Waals surface area contributed by atoms with Crippen molar-refractivity contribution in [1.29, 1.82) is 0 Å². The van der Waals surface area contributed by atoms with Gasteiger partial charge < -0.3 is 20.1 Å². The van der Waals surface area contributed by atoms with Crippen LogP contribution in [0, 0.1) is 0 Å². The molecule has 2 aromatic rings. The molecule has 2 amide bonds. The number of benzene rings is 1. The third kappa shape index (κ3) is 10.0. The molecule has 2 N–H and O–H groups in total. The van der Waals surface area contributed by atoms with Gasteiger partial charge in [0.1, 0.15) is 11.6 Å². The SMILES string of the molecule is CC.CC(=O)OCc1nccs1.O=C1NC2CCCN1C2.OCc1ccccc1. The Balaban J connectivity index is 0.000000209. The van der Waals surface area contributed by atoms with Gasteiger partial charge in [-0.1, -0.05) is 44.2 Å². The molecule has 8 heteroatoms. The largest absolute Gasteiger partial charge is 0.458 e. The standard InChI is InChI=1S/C7H8O.C6H10N2O.C6H7NO2S.C2H6/c8-6-7-4-2-1-3-5-7;9-6-7-5-2-1-3-8(6)4-5;1-5(8)9-4-6-7-2-3-10-6;1-2/h1-5,8H,6H2;5H,1-4H2,(H,7,9);2-3H,4H2,1H3;1-2H3. The summed E-state index contributed by atoms with van der Waals surface area (Å²) >= 11 is 1.48. The van der Waals surface area contributed by atoms with E-state index < -0.39 is 0 Å². The minimum absolute atomic E-state index is 0.137. The van der Waals surface area contributed by atoms with Crippen LogP contribution in [0.3, 0.4) is 0 Å². The van der Waals surface area contributed by atoms with Crippen LogP contribution in [-0.4, -0.2) is 46.1 Å². The Morgan fingerprint density at radius 3 is 2.55 bits per heavy atom. The van der Waals surface area contributed by atoms with E-state index in [0.717, 1.165) is 23.7 Å². The summed E-state index contributed by atoms with van der Waals surface area (Å²) in [5, 5.41) is 14.1. The van der Waals surface area contributed by atoms with E-state index in [4.69, 9.17) is 9.84 Å². The van der Waals surface area contributed by atoms with Gasteiger partial charge in [0.05, 0.1) is 6.61 Å². The average molecular weight is 422 g/mol. The van der Waals surface area contributed by atoms with E-state index in [2.05, 4.69) is 10.3 Å². The number of hydrogen-bond acceptors (Lipinski definition) is 6. The average Bonchev–Trinajstić information content (AvgIpc) is 3.37. The number of amides is 2. The number of ether oxygens (including phenoxy) is 1. The molecule has 0 radical (unpaired) electrons. The van der Waals surface area contributed by atoms with Crippen molar-refractivity contribution >= 4 is 23.3 Å². The van der Waals surface area contributed by atoms with E-state index in [1.54, 1.807) is 6.20 Å². The summed E-state index contributed by atoms with van der Waals surface area (Å²) in [4.78, 5) is 27.0. The molecule has 160 valence electrons. The first-order chi connectivity index (χ1) is 14.1. The highest BCUT2D eigenvalue weighted by molar-refractivity contribution is 7.09. The van der Waals surface area contributed by atoms with Crippen molar-refractivity contribution in [2.75, 3.05) is 13.1 Å². The van der Waals surface area contributed by atoms with Gasteiger partial charge in [-0.2, -0.15) is 0 Å². The summed E-state index contributed by atoms with van der Waals surface area (Å²) in [5.74, 6) is -0.268. The summed E-state index contributed by atoms with van der Waals surface area (Å²) in [6.07, 6.45) is 4.02. The number of aliphatic hydroxyl groups excluding tert-OH is 1. The number of aliphatic hydroxyl groups is 1. The van der Waals surface area contributed by atoms with Crippen LogP contribution in [0.4, 0.5) is 4.79 Å². The number of thiazole rings is 1. The number of fused-ring (bicyclic) bond motifs is 2. The third-order valence-corrected chi connectivity index (χ3v) is 4.70. The summed E-state index contributed by atoms with van der Waals surface area (Å²) < 4.78 is 4.70. The first kappa shape index (κ1) is 24.6. The summed E-state index contributed by atoms with van der Waals surface area (Å²) in [6.45, 7) is 7.72. The first-order valence-electron chi connectivity index (χ1n) is 9.80. The van der Waals surface area contributed by atoms with E-state index in [0.29, 0.717) is 12.6 Å². The van der Waals surface area contributed by atoms with Crippen molar-refractivity contribution in [3.05, 3.63) is 52.5 Å². The maximum absolute atomic E-state index is 10.9. The van der Waals surface area contributed by atoms with Crippen LogP contribution >= 0.6 is 11.3 Å². The van der Waals surface area contributed by atoms with Crippen molar-refractivity contribution in [2.24, 2.45) is 0 Å². The number of urea groups is 1. The fraction of sp³-hybridized carbons (Fsp3) is 0.476. The fourth-order valence-electron chi connectivity index (χ4n) is 2.62. The van der Waals surface area contributed by atoms with Crippen LogP contribution in [0.25, 0.3) is 0 Å². The highest BCUT2D eigenvalue weighted by atomic mass is 32.1. The van der Waals surface area contributed by atoms with Gasteiger partial charge in [0.2, 0.25) is 0 Å². The molecule has 0 saturated carbocycles. The maximum Gasteiger partial charge on any atom is 0.317 e. The van der Waals surface area contributed by atoms with E-state index in [1.807, 2.05) is 54.5 Å². The summed E-state index contributed by atoms with van der Waals surface area (Å²) in [7, 11) is 0. The monoisotopic (exact) mass is 421 g/mol. The lowest BCUT2D eigenvalue weighted by Gasteiger charge is -2.18. The topological polar surface area (TPSA) is 91.8 Å². The van der Waals surface area contributed by atoms with Gasteiger partial charge in [-0.25, -0.2) is 9.78 Å². The Morgan fingerprint density at radius 2 is 2.07 bits per heavy atom. The first-order valence-corrected chi connectivity index (χ1v) is 10.7. The molecule has 0 spiro atoms. The van der Waals surface area contributed by atoms with Crippen LogP contribution < -0.4 is 5.32 Å². The van der Waals surface area contributed by atoms with Gasteiger partial charge >= 0.3 is 12.0 Å². The van der Waals surface area contributed by atoms with Crippen LogP contribution in [-0.2, 0) is 22.7 Å². The molecule has 0 aliphatic carbocycles. The molecule has 2 bridgehead atoms. The number of esters is 1. The van der Waals surface area contributed by atoms with Gasteiger partial charge in [0.15, 0.2) is 0 Å². The summed E-state index contributed by atoms with van der Waals surface area (Å²) in [5.41, 5.74) is 0.965. The molecular weight excluding hydrogens is 390 g/mol. The normalized spacial score (nSPS) is 16.1. The predicted octanol–water partition coefficient (Wildman–Crippen LogP) is 3.59. The van der Waals surface area contributed by atoms with Gasteiger partial charge in [-0.05, 0) is 18.4 Å². The number of carbonyl (C=O) groups is 2. The Kier molecular flexibility index (Phi) is 12.3. The smallest absolute Gasteiger partial charge is 0.317 e. The highest BCUT2D eigenvalue weighted by Crippen LogP contribution is 2.15. The lowest BCUT2D eigenvalue weighted by molar-refractivity contribution is -0.142. The lowest BCUT2D eigenvalue weighted by Crippen LogP contribution is -2.30. The van der Waals surface area contributed by atoms with Crippen LogP contribution in [0.1, 0.15) is 44.2 Å².